The van der Waals surface area contributed by atoms with Crippen molar-refractivity contribution in [2.75, 3.05) is 50.8 Å². The minimum Gasteiger partial charge on any atom is -0.378 e. The second kappa shape index (κ2) is 9.78. The number of hydrogen-bond donors (Lipinski definition) is 1. The molecule has 0 aromatic heterocycles. The van der Waals surface area contributed by atoms with E-state index in [9.17, 15) is 14.0 Å². The van der Waals surface area contributed by atoms with E-state index in [2.05, 4.69) is 22.3 Å². The molecule has 0 spiro atoms. The fraction of sp³-hybridized carbons (Fsp3) is 0.391. The molecular weight excluding hydrogens is 399 g/mol. The molecule has 2 aliphatic heterocycles. The highest BCUT2D eigenvalue weighted by atomic mass is 19.1. The molecule has 2 aromatic carbocycles. The summed E-state index contributed by atoms with van der Waals surface area (Å²) in [5.41, 5.74) is 3.03. The predicted octanol–water partition coefficient (Wildman–Crippen LogP) is 2.22. The van der Waals surface area contributed by atoms with Crippen molar-refractivity contribution in [1.82, 2.24) is 15.1 Å². The maximum absolute atomic E-state index is 13.0. The maximum Gasteiger partial charge on any atom is 0.320 e. The minimum atomic E-state index is -0.300. The van der Waals surface area contributed by atoms with Crippen molar-refractivity contribution < 1.29 is 18.7 Å². The number of anilines is 1. The van der Waals surface area contributed by atoms with E-state index in [1.165, 1.54) is 12.1 Å². The maximum atomic E-state index is 13.0. The van der Waals surface area contributed by atoms with Gasteiger partial charge in [0.25, 0.3) is 0 Å². The Labute approximate surface area is 181 Å². The Kier molecular flexibility index (Phi) is 6.66. The summed E-state index contributed by atoms with van der Waals surface area (Å²) < 4.78 is 18.4. The summed E-state index contributed by atoms with van der Waals surface area (Å²) in [6.07, 6.45) is 0. The van der Waals surface area contributed by atoms with Gasteiger partial charge in [-0.2, -0.15) is 0 Å². The smallest absolute Gasteiger partial charge is 0.320 e. The van der Waals surface area contributed by atoms with Crippen molar-refractivity contribution in [1.29, 1.82) is 0 Å². The van der Waals surface area contributed by atoms with Gasteiger partial charge in [-0.1, -0.05) is 24.3 Å². The van der Waals surface area contributed by atoms with E-state index in [1.54, 1.807) is 21.9 Å². The van der Waals surface area contributed by atoms with Crippen LogP contribution < -0.4 is 10.2 Å². The van der Waals surface area contributed by atoms with Crippen LogP contribution in [0.3, 0.4) is 0 Å². The zero-order valence-electron chi connectivity index (χ0n) is 17.4. The predicted molar refractivity (Wildman–Crippen MR) is 115 cm³/mol. The van der Waals surface area contributed by atoms with Crippen molar-refractivity contribution in [3.05, 3.63) is 65.5 Å². The number of urea groups is 1. The Morgan fingerprint density at radius 3 is 2.26 bits per heavy atom. The Morgan fingerprint density at radius 2 is 1.55 bits per heavy atom. The second-order valence-corrected chi connectivity index (χ2v) is 7.79. The zero-order valence-corrected chi connectivity index (χ0v) is 17.4. The summed E-state index contributed by atoms with van der Waals surface area (Å²) in [6, 6.07) is 14.1. The van der Waals surface area contributed by atoms with Gasteiger partial charge in [0, 0.05) is 45.0 Å². The Bertz CT molecular complexity index is 898. The Balaban J connectivity index is 1.22. The van der Waals surface area contributed by atoms with E-state index in [-0.39, 0.29) is 24.3 Å². The lowest BCUT2D eigenvalue weighted by molar-refractivity contribution is -0.121. The number of carbonyl (C=O) groups excluding carboxylic acids is 2. The van der Waals surface area contributed by atoms with E-state index in [1.807, 2.05) is 12.1 Å². The molecule has 164 valence electrons. The van der Waals surface area contributed by atoms with Crippen LogP contribution in [0.5, 0.6) is 0 Å². The third kappa shape index (κ3) is 5.52. The molecular formula is C23H27FN4O3. The summed E-state index contributed by atoms with van der Waals surface area (Å²) in [4.78, 5) is 30.4. The molecule has 2 aliphatic rings. The van der Waals surface area contributed by atoms with Crippen LogP contribution in [0.25, 0.3) is 0 Å². The molecule has 3 amide bonds. The van der Waals surface area contributed by atoms with Gasteiger partial charge in [0.1, 0.15) is 12.4 Å². The van der Waals surface area contributed by atoms with Gasteiger partial charge in [0.15, 0.2) is 0 Å². The van der Waals surface area contributed by atoms with Gasteiger partial charge in [0.05, 0.1) is 13.2 Å². The lowest BCUT2D eigenvalue weighted by Gasteiger charge is -2.28. The van der Waals surface area contributed by atoms with E-state index in [4.69, 9.17) is 4.74 Å². The molecule has 0 unspecified atom stereocenters. The highest BCUT2D eigenvalue weighted by Crippen LogP contribution is 2.17. The van der Waals surface area contributed by atoms with Crippen molar-refractivity contribution in [2.24, 2.45) is 0 Å². The van der Waals surface area contributed by atoms with Crippen LogP contribution in [0.4, 0.5) is 14.9 Å². The van der Waals surface area contributed by atoms with Gasteiger partial charge in [-0.3, -0.25) is 4.79 Å². The standard InChI is InChI=1S/C23H27FN4O3/c24-20-5-1-19(2-6-20)16-27-9-10-28(23(27)30)17-22(29)25-15-18-3-7-21(8-4-18)26-11-13-31-14-12-26/h1-8H,9-17H2,(H,25,29). The lowest BCUT2D eigenvalue weighted by Crippen LogP contribution is -2.39. The number of amides is 3. The van der Waals surface area contributed by atoms with Gasteiger partial charge in [0.2, 0.25) is 5.91 Å². The third-order valence-electron chi connectivity index (χ3n) is 5.60. The molecule has 4 rings (SSSR count). The molecule has 8 heteroatoms. The molecule has 0 atom stereocenters. The molecule has 0 aliphatic carbocycles. The first-order valence-electron chi connectivity index (χ1n) is 10.5. The first kappa shape index (κ1) is 21.1. The van der Waals surface area contributed by atoms with Crippen molar-refractivity contribution in [3.8, 4) is 0 Å². The number of ether oxygens (including phenoxy) is 1. The number of rotatable bonds is 7. The first-order chi connectivity index (χ1) is 15.1. The Morgan fingerprint density at radius 1 is 0.903 bits per heavy atom. The highest BCUT2D eigenvalue weighted by Gasteiger charge is 2.29. The fourth-order valence-electron chi connectivity index (χ4n) is 3.81. The van der Waals surface area contributed by atoms with E-state index >= 15 is 0 Å². The molecule has 7 nitrogen and oxygen atoms in total. The number of hydrogen-bond acceptors (Lipinski definition) is 4. The molecule has 2 saturated heterocycles. The normalized spacial score (nSPS) is 16.7. The van der Waals surface area contributed by atoms with Gasteiger partial charge < -0.3 is 24.8 Å². The SMILES string of the molecule is O=C(CN1CCN(Cc2ccc(F)cc2)C1=O)NCc1ccc(N2CCOCC2)cc1. The van der Waals surface area contributed by atoms with Crippen LogP contribution in [-0.2, 0) is 22.6 Å². The largest absolute Gasteiger partial charge is 0.378 e. The van der Waals surface area contributed by atoms with Crippen molar-refractivity contribution in [3.63, 3.8) is 0 Å². The zero-order chi connectivity index (χ0) is 21.6. The van der Waals surface area contributed by atoms with Crippen LogP contribution in [0.1, 0.15) is 11.1 Å². The number of nitrogens with one attached hydrogen (secondary N) is 1. The summed E-state index contributed by atoms with van der Waals surface area (Å²) in [6.45, 7) is 5.17. The quantitative estimate of drug-likeness (QED) is 0.738. The van der Waals surface area contributed by atoms with Gasteiger partial charge in [-0.25, -0.2) is 9.18 Å². The summed E-state index contributed by atoms with van der Waals surface area (Å²) in [5.74, 6) is -0.486. The van der Waals surface area contributed by atoms with Crippen LogP contribution in [0.2, 0.25) is 0 Å². The van der Waals surface area contributed by atoms with Crippen molar-refractivity contribution >= 4 is 17.6 Å². The fourth-order valence-corrected chi connectivity index (χ4v) is 3.81. The molecule has 0 bridgehead atoms. The lowest BCUT2D eigenvalue weighted by atomic mass is 10.2. The summed E-state index contributed by atoms with van der Waals surface area (Å²) >= 11 is 0. The van der Waals surface area contributed by atoms with Crippen LogP contribution >= 0.6 is 0 Å². The number of carbonyl (C=O) groups is 2. The van der Waals surface area contributed by atoms with Gasteiger partial charge in [-0.15, -0.1) is 0 Å². The van der Waals surface area contributed by atoms with Crippen LogP contribution in [0.15, 0.2) is 48.5 Å². The molecule has 2 aromatic rings. The van der Waals surface area contributed by atoms with Crippen molar-refractivity contribution in [2.45, 2.75) is 13.1 Å². The van der Waals surface area contributed by atoms with E-state index in [0.717, 1.165) is 43.1 Å². The molecule has 1 N–H and O–H groups in total. The topological polar surface area (TPSA) is 65.1 Å². The summed E-state index contributed by atoms with van der Waals surface area (Å²) in [7, 11) is 0. The number of morpholine rings is 1. The third-order valence-corrected chi connectivity index (χ3v) is 5.60. The average molecular weight is 426 g/mol. The Hall–Kier alpha value is -3.13. The molecule has 0 radical (unpaired) electrons. The van der Waals surface area contributed by atoms with Gasteiger partial charge in [-0.05, 0) is 35.4 Å². The monoisotopic (exact) mass is 426 g/mol. The van der Waals surface area contributed by atoms with Crippen LogP contribution in [-0.4, -0.2) is 67.7 Å². The summed E-state index contributed by atoms with van der Waals surface area (Å²) in [5, 5.41) is 2.89. The molecule has 2 heterocycles. The molecule has 0 saturated carbocycles. The number of nitrogens with zero attached hydrogens (tertiary/aromatic N) is 3. The minimum absolute atomic E-state index is 0.0324. The van der Waals surface area contributed by atoms with E-state index in [0.29, 0.717) is 26.2 Å². The van der Waals surface area contributed by atoms with E-state index < -0.39 is 0 Å². The van der Waals surface area contributed by atoms with Gasteiger partial charge >= 0.3 is 6.03 Å². The molecule has 31 heavy (non-hydrogen) atoms. The number of benzene rings is 2. The molecule has 2 fully saturated rings. The van der Waals surface area contributed by atoms with Crippen LogP contribution in [0, 0.1) is 5.82 Å². The number of halogens is 1. The first-order valence-corrected chi connectivity index (χ1v) is 10.5. The highest BCUT2D eigenvalue weighted by molar-refractivity contribution is 5.85. The second-order valence-electron chi connectivity index (χ2n) is 7.79. The average Bonchev–Trinajstić information content (AvgIpc) is 3.14.